The summed E-state index contributed by atoms with van der Waals surface area (Å²) in [6.45, 7) is 4.05. The van der Waals surface area contributed by atoms with Crippen molar-refractivity contribution < 1.29 is 17.9 Å². The molecule has 3 atom stereocenters. The lowest BCUT2D eigenvalue weighted by molar-refractivity contribution is -0.262. The smallest absolute Gasteiger partial charge is 0.365 e. The maximum absolute atomic E-state index is 12.7. The van der Waals surface area contributed by atoms with Gasteiger partial charge < -0.3 is 10.1 Å². The minimum Gasteiger partial charge on any atom is -0.365 e. The van der Waals surface area contributed by atoms with Crippen LogP contribution in [0.15, 0.2) is 0 Å². The van der Waals surface area contributed by atoms with E-state index in [-0.39, 0.29) is 11.5 Å². The van der Waals surface area contributed by atoms with Gasteiger partial charge in [-0.25, -0.2) is 0 Å². The molecule has 0 amide bonds. The molecular formula is C15H26F3NO. The third-order valence-electron chi connectivity index (χ3n) is 5.10. The van der Waals surface area contributed by atoms with Crippen molar-refractivity contribution in [2.24, 2.45) is 5.41 Å². The molecule has 0 aromatic heterocycles. The summed E-state index contributed by atoms with van der Waals surface area (Å²) in [6.07, 6.45) is 1.19. The first-order valence-corrected chi connectivity index (χ1v) is 7.85. The Morgan fingerprint density at radius 3 is 2.30 bits per heavy atom. The third kappa shape index (κ3) is 3.14. The molecular weight excluding hydrogens is 267 g/mol. The molecule has 5 heteroatoms. The van der Waals surface area contributed by atoms with Crippen LogP contribution >= 0.6 is 0 Å². The summed E-state index contributed by atoms with van der Waals surface area (Å²) >= 11 is 0. The Hall–Kier alpha value is -0.290. The standard InChI is InChI=1S/C15H26F3NO/c1-3-19-12-10-13(20-11(2)15(16,17)18)14(12)8-6-4-5-7-9-14/h11-13,19H,3-10H2,1-2H3. The molecule has 2 rings (SSSR count). The van der Waals surface area contributed by atoms with E-state index in [0.717, 1.165) is 39.2 Å². The zero-order valence-electron chi connectivity index (χ0n) is 12.4. The largest absolute Gasteiger partial charge is 0.414 e. The molecule has 0 radical (unpaired) electrons. The lowest BCUT2D eigenvalue weighted by Crippen LogP contribution is -2.64. The number of halogens is 3. The molecule has 1 N–H and O–H groups in total. The van der Waals surface area contributed by atoms with Crippen molar-refractivity contribution >= 4 is 0 Å². The quantitative estimate of drug-likeness (QED) is 0.844. The van der Waals surface area contributed by atoms with E-state index in [1.54, 1.807) is 0 Å². The van der Waals surface area contributed by atoms with Crippen LogP contribution in [0.2, 0.25) is 0 Å². The first-order chi connectivity index (χ1) is 9.40. The average Bonchev–Trinajstić information content (AvgIpc) is 2.63. The van der Waals surface area contributed by atoms with E-state index >= 15 is 0 Å². The van der Waals surface area contributed by atoms with E-state index in [4.69, 9.17) is 4.74 Å². The molecule has 0 aromatic carbocycles. The van der Waals surface area contributed by atoms with Gasteiger partial charge >= 0.3 is 6.18 Å². The summed E-state index contributed by atoms with van der Waals surface area (Å²) in [7, 11) is 0. The van der Waals surface area contributed by atoms with Crippen molar-refractivity contribution in [1.29, 1.82) is 0 Å². The lowest BCUT2D eigenvalue weighted by atomic mass is 9.57. The summed E-state index contributed by atoms with van der Waals surface area (Å²) in [5, 5.41) is 3.45. The van der Waals surface area contributed by atoms with Gasteiger partial charge in [-0.3, -0.25) is 0 Å². The van der Waals surface area contributed by atoms with E-state index in [1.807, 2.05) is 0 Å². The molecule has 2 aliphatic rings. The van der Waals surface area contributed by atoms with Crippen LogP contribution in [-0.2, 0) is 4.74 Å². The van der Waals surface area contributed by atoms with Gasteiger partial charge in [0.25, 0.3) is 0 Å². The molecule has 0 saturated heterocycles. The van der Waals surface area contributed by atoms with Crippen LogP contribution in [0.25, 0.3) is 0 Å². The van der Waals surface area contributed by atoms with E-state index < -0.39 is 12.3 Å². The third-order valence-corrected chi connectivity index (χ3v) is 5.10. The van der Waals surface area contributed by atoms with Crippen LogP contribution in [0.5, 0.6) is 0 Å². The van der Waals surface area contributed by atoms with Gasteiger partial charge in [0.15, 0.2) is 6.10 Å². The molecule has 3 unspecified atom stereocenters. The van der Waals surface area contributed by atoms with Crippen molar-refractivity contribution in [2.75, 3.05) is 6.54 Å². The summed E-state index contributed by atoms with van der Waals surface area (Å²) in [5.74, 6) is 0. The highest BCUT2D eigenvalue weighted by molar-refractivity contribution is 5.08. The Labute approximate surface area is 119 Å². The van der Waals surface area contributed by atoms with Crippen LogP contribution in [0, 0.1) is 5.41 Å². The van der Waals surface area contributed by atoms with Crippen molar-refractivity contribution in [3.8, 4) is 0 Å². The number of rotatable bonds is 4. The van der Waals surface area contributed by atoms with E-state index in [1.165, 1.54) is 12.8 Å². The Balaban J connectivity index is 2.05. The molecule has 0 heterocycles. The minimum absolute atomic E-state index is 0.0635. The second-order valence-electron chi connectivity index (χ2n) is 6.30. The van der Waals surface area contributed by atoms with Crippen LogP contribution < -0.4 is 5.32 Å². The number of ether oxygens (including phenoxy) is 1. The zero-order chi connectivity index (χ0) is 14.8. The fraction of sp³-hybridized carbons (Fsp3) is 1.00. The first-order valence-electron chi connectivity index (χ1n) is 7.85. The van der Waals surface area contributed by atoms with Gasteiger partial charge in [0.05, 0.1) is 6.10 Å². The molecule has 0 aliphatic heterocycles. The molecule has 1 spiro atoms. The zero-order valence-corrected chi connectivity index (χ0v) is 12.4. The van der Waals surface area contributed by atoms with Crippen molar-refractivity contribution in [2.45, 2.75) is 83.2 Å². The summed E-state index contributed by atoms with van der Waals surface area (Å²) in [4.78, 5) is 0. The fourth-order valence-electron chi connectivity index (χ4n) is 3.85. The second-order valence-corrected chi connectivity index (χ2v) is 6.30. The molecule has 118 valence electrons. The Morgan fingerprint density at radius 1 is 1.20 bits per heavy atom. The van der Waals surface area contributed by atoms with Crippen molar-refractivity contribution in [1.82, 2.24) is 5.32 Å². The number of nitrogens with one attached hydrogen (secondary N) is 1. The lowest BCUT2D eigenvalue weighted by Gasteiger charge is -2.56. The fourth-order valence-corrected chi connectivity index (χ4v) is 3.85. The van der Waals surface area contributed by atoms with Gasteiger partial charge in [-0.15, -0.1) is 0 Å². The highest BCUT2D eigenvalue weighted by Crippen LogP contribution is 2.53. The molecule has 0 bridgehead atoms. The van der Waals surface area contributed by atoms with Gasteiger partial charge in [-0.2, -0.15) is 13.2 Å². The van der Waals surface area contributed by atoms with Gasteiger partial charge in [0, 0.05) is 11.5 Å². The number of alkyl halides is 3. The molecule has 2 saturated carbocycles. The number of hydrogen-bond acceptors (Lipinski definition) is 2. The molecule has 0 aromatic rings. The highest BCUT2D eigenvalue weighted by atomic mass is 19.4. The maximum atomic E-state index is 12.7. The Bertz CT molecular complexity index is 311. The minimum atomic E-state index is -4.25. The Kier molecular flexibility index (Phi) is 5.00. The first kappa shape index (κ1) is 16.1. The molecule has 20 heavy (non-hydrogen) atoms. The van der Waals surface area contributed by atoms with Crippen LogP contribution in [0.1, 0.15) is 58.8 Å². The van der Waals surface area contributed by atoms with Gasteiger partial charge in [0.2, 0.25) is 0 Å². The summed E-state index contributed by atoms with van der Waals surface area (Å²) in [5.41, 5.74) is -0.0635. The summed E-state index contributed by atoms with van der Waals surface area (Å²) in [6, 6.07) is 0.330. The van der Waals surface area contributed by atoms with E-state index in [9.17, 15) is 13.2 Å². The normalized spacial score (nSPS) is 31.6. The van der Waals surface area contributed by atoms with Crippen LogP contribution in [0.3, 0.4) is 0 Å². The predicted octanol–water partition coefficient (Wildman–Crippen LogP) is 4.04. The summed E-state index contributed by atoms with van der Waals surface area (Å²) < 4.78 is 43.5. The van der Waals surface area contributed by atoms with E-state index in [2.05, 4.69) is 12.2 Å². The predicted molar refractivity (Wildman–Crippen MR) is 72.6 cm³/mol. The molecule has 2 nitrogen and oxygen atoms in total. The van der Waals surface area contributed by atoms with Crippen LogP contribution in [0.4, 0.5) is 13.2 Å². The van der Waals surface area contributed by atoms with Gasteiger partial charge in [-0.1, -0.05) is 32.6 Å². The molecule has 2 aliphatic carbocycles. The van der Waals surface area contributed by atoms with Crippen molar-refractivity contribution in [3.05, 3.63) is 0 Å². The van der Waals surface area contributed by atoms with E-state index in [0.29, 0.717) is 12.5 Å². The highest BCUT2D eigenvalue weighted by Gasteiger charge is 2.56. The SMILES string of the molecule is CCNC1CC(OC(C)C(F)(F)F)C12CCCCCC2. The second kappa shape index (κ2) is 6.22. The maximum Gasteiger partial charge on any atom is 0.414 e. The number of hydrogen-bond donors (Lipinski definition) is 1. The van der Waals surface area contributed by atoms with Gasteiger partial charge in [0.1, 0.15) is 0 Å². The van der Waals surface area contributed by atoms with Gasteiger partial charge in [-0.05, 0) is 32.7 Å². The Morgan fingerprint density at radius 2 is 1.80 bits per heavy atom. The average molecular weight is 293 g/mol. The van der Waals surface area contributed by atoms with Crippen LogP contribution in [-0.4, -0.2) is 31.0 Å². The van der Waals surface area contributed by atoms with Crippen molar-refractivity contribution in [3.63, 3.8) is 0 Å². The molecule has 2 fully saturated rings. The monoisotopic (exact) mass is 293 g/mol. The topological polar surface area (TPSA) is 21.3 Å².